The zero-order valence-corrected chi connectivity index (χ0v) is 20.7. The topological polar surface area (TPSA) is 122 Å². The lowest BCUT2D eigenvalue weighted by Crippen LogP contribution is -2.37. The van der Waals surface area contributed by atoms with Crippen LogP contribution in [0, 0.1) is 0 Å². The van der Waals surface area contributed by atoms with Crippen LogP contribution < -0.4 is 9.47 Å². The molecule has 0 unspecified atom stereocenters. The summed E-state index contributed by atoms with van der Waals surface area (Å²) in [6.45, 7) is 3.92. The number of methoxy groups -OCH3 is 4. The van der Waals surface area contributed by atoms with Gasteiger partial charge in [0.05, 0.1) is 6.07 Å². The Labute approximate surface area is 201 Å². The molecule has 0 spiro atoms. The molecular formula is C22H38N4O8. The summed E-state index contributed by atoms with van der Waals surface area (Å²) < 4.78 is 31.0. The lowest BCUT2D eigenvalue weighted by Gasteiger charge is -2.22. The molecule has 34 heavy (non-hydrogen) atoms. The van der Waals surface area contributed by atoms with Crippen LogP contribution in [0.2, 0.25) is 0 Å². The Bertz CT molecular complexity index is 621. The summed E-state index contributed by atoms with van der Waals surface area (Å²) in [5, 5.41) is 0. The highest BCUT2D eigenvalue weighted by atomic mass is 16.6. The van der Waals surface area contributed by atoms with Gasteiger partial charge in [0.15, 0.2) is 0 Å². The third kappa shape index (κ3) is 12.6. The number of rotatable bonds is 18. The molecule has 12 nitrogen and oxygen atoms in total. The lowest BCUT2D eigenvalue weighted by molar-refractivity contribution is 0.127. The van der Waals surface area contributed by atoms with Gasteiger partial charge in [0.25, 0.3) is 0 Å². The van der Waals surface area contributed by atoms with Crippen molar-refractivity contribution in [3.05, 3.63) is 12.4 Å². The fourth-order valence-corrected chi connectivity index (χ4v) is 2.93. The van der Waals surface area contributed by atoms with Crippen LogP contribution in [0.25, 0.3) is 0 Å². The molecule has 0 aliphatic rings. The van der Waals surface area contributed by atoms with Crippen molar-refractivity contribution in [2.24, 2.45) is 0 Å². The molecule has 0 aliphatic heterocycles. The molecule has 12 heteroatoms. The van der Waals surface area contributed by atoms with Crippen LogP contribution in [0.4, 0.5) is 9.59 Å². The van der Waals surface area contributed by atoms with Crippen LogP contribution in [-0.4, -0.2) is 113 Å². The third-order valence-electron chi connectivity index (χ3n) is 4.62. The number of carbonyl (C=O) groups excluding carboxylic acids is 2. The quantitative estimate of drug-likeness (QED) is 0.285. The fraction of sp³-hybridized carbons (Fsp3) is 0.727. The second-order valence-electron chi connectivity index (χ2n) is 7.29. The van der Waals surface area contributed by atoms with E-state index in [0.29, 0.717) is 78.3 Å². The number of hydrogen-bond donors (Lipinski definition) is 0. The van der Waals surface area contributed by atoms with Gasteiger partial charge in [-0.05, 0) is 25.7 Å². The first-order valence-corrected chi connectivity index (χ1v) is 11.3. The first kappa shape index (κ1) is 29.5. The van der Waals surface area contributed by atoms with Crippen LogP contribution in [0.15, 0.2) is 12.4 Å². The van der Waals surface area contributed by atoms with Crippen molar-refractivity contribution >= 4 is 12.2 Å². The average Bonchev–Trinajstić information content (AvgIpc) is 2.82. The summed E-state index contributed by atoms with van der Waals surface area (Å²) in [7, 11) is 6.42. The minimum Gasteiger partial charge on any atom is -0.391 e. The zero-order chi connectivity index (χ0) is 25.0. The molecule has 1 heterocycles. The predicted molar refractivity (Wildman–Crippen MR) is 123 cm³/mol. The summed E-state index contributed by atoms with van der Waals surface area (Å²) >= 11 is 0. The van der Waals surface area contributed by atoms with E-state index in [-0.39, 0.29) is 11.8 Å². The van der Waals surface area contributed by atoms with Gasteiger partial charge >= 0.3 is 12.2 Å². The van der Waals surface area contributed by atoms with Crippen molar-refractivity contribution in [1.82, 2.24) is 19.8 Å². The van der Waals surface area contributed by atoms with Gasteiger partial charge < -0.3 is 38.2 Å². The van der Waals surface area contributed by atoms with Crippen LogP contribution in [0.3, 0.4) is 0 Å². The molecule has 1 aromatic rings. The largest absolute Gasteiger partial charge is 0.416 e. The van der Waals surface area contributed by atoms with Crippen LogP contribution in [-0.2, 0) is 18.9 Å². The highest BCUT2D eigenvalue weighted by molar-refractivity contribution is 5.71. The Morgan fingerprint density at radius 3 is 1.26 bits per heavy atom. The van der Waals surface area contributed by atoms with Crippen molar-refractivity contribution in [1.29, 1.82) is 0 Å². The maximum atomic E-state index is 12.7. The summed E-state index contributed by atoms with van der Waals surface area (Å²) in [6, 6.07) is 1.31. The van der Waals surface area contributed by atoms with Crippen LogP contribution in [0.5, 0.6) is 11.8 Å². The average molecular weight is 487 g/mol. The first-order valence-electron chi connectivity index (χ1n) is 11.3. The predicted octanol–water partition coefficient (Wildman–Crippen LogP) is 2.22. The van der Waals surface area contributed by atoms with Gasteiger partial charge in [-0.2, -0.15) is 0 Å². The summed E-state index contributed by atoms with van der Waals surface area (Å²) in [5.41, 5.74) is 0. The molecule has 0 N–H and O–H groups in total. The Balaban J connectivity index is 2.75. The van der Waals surface area contributed by atoms with Gasteiger partial charge in [0.2, 0.25) is 11.8 Å². The number of amides is 2. The Morgan fingerprint density at radius 1 is 0.647 bits per heavy atom. The van der Waals surface area contributed by atoms with Crippen molar-refractivity contribution in [2.45, 2.75) is 25.7 Å². The van der Waals surface area contributed by atoms with E-state index in [1.54, 1.807) is 38.2 Å². The van der Waals surface area contributed by atoms with E-state index < -0.39 is 12.2 Å². The van der Waals surface area contributed by atoms with E-state index in [2.05, 4.69) is 9.97 Å². The minimum absolute atomic E-state index is 0.0170. The molecule has 0 bridgehead atoms. The number of carbonyl (C=O) groups is 2. The standard InChI is InChI=1S/C22H38N4O8/c1-29-13-5-9-25(10-6-14-30-2)21(27)33-19-17-20(24-18-23-19)34-22(28)26(11-7-15-31-3)12-8-16-32-4/h17-18H,5-16H2,1-4H3. The van der Waals surface area contributed by atoms with Gasteiger partial charge in [-0.1, -0.05) is 0 Å². The molecule has 0 aliphatic carbocycles. The monoisotopic (exact) mass is 486 g/mol. The number of ether oxygens (including phenoxy) is 6. The second kappa shape index (κ2) is 18.8. The minimum atomic E-state index is -0.566. The highest BCUT2D eigenvalue weighted by Crippen LogP contribution is 2.16. The maximum Gasteiger partial charge on any atom is 0.416 e. The molecule has 1 rings (SSSR count). The molecule has 0 fully saturated rings. The Morgan fingerprint density at radius 2 is 0.971 bits per heavy atom. The SMILES string of the molecule is COCCCN(CCCOC)C(=O)Oc1cc(OC(=O)N(CCCOC)CCCOC)ncn1. The molecule has 0 saturated carbocycles. The summed E-state index contributed by atoms with van der Waals surface area (Å²) in [6.07, 6.45) is 2.68. The Hall–Kier alpha value is -2.54. The molecular weight excluding hydrogens is 448 g/mol. The first-order chi connectivity index (χ1) is 16.5. The number of aromatic nitrogens is 2. The van der Waals surface area contributed by atoms with Gasteiger partial charge in [-0.15, -0.1) is 0 Å². The van der Waals surface area contributed by atoms with E-state index in [9.17, 15) is 9.59 Å². The molecule has 0 saturated heterocycles. The van der Waals surface area contributed by atoms with E-state index in [4.69, 9.17) is 28.4 Å². The zero-order valence-electron chi connectivity index (χ0n) is 20.7. The van der Waals surface area contributed by atoms with E-state index in [1.807, 2.05) is 0 Å². The molecule has 194 valence electrons. The molecule has 1 aromatic heterocycles. The second-order valence-corrected chi connectivity index (χ2v) is 7.29. The Kier molecular flexibility index (Phi) is 16.3. The van der Waals surface area contributed by atoms with Crippen LogP contribution >= 0.6 is 0 Å². The molecule has 0 radical (unpaired) electrons. The van der Waals surface area contributed by atoms with E-state index in [1.165, 1.54) is 12.4 Å². The third-order valence-corrected chi connectivity index (χ3v) is 4.62. The van der Waals surface area contributed by atoms with Crippen molar-refractivity contribution < 1.29 is 38.0 Å². The molecule has 0 aromatic carbocycles. The summed E-state index contributed by atoms with van der Waals surface area (Å²) in [4.78, 5) is 36.3. The van der Waals surface area contributed by atoms with Gasteiger partial charge in [-0.25, -0.2) is 19.6 Å². The van der Waals surface area contributed by atoms with Gasteiger partial charge in [0, 0.05) is 81.0 Å². The molecule has 2 amide bonds. The van der Waals surface area contributed by atoms with Crippen LogP contribution in [0.1, 0.15) is 25.7 Å². The van der Waals surface area contributed by atoms with E-state index >= 15 is 0 Å². The van der Waals surface area contributed by atoms with E-state index in [0.717, 1.165) is 0 Å². The maximum absolute atomic E-state index is 12.7. The number of hydrogen-bond acceptors (Lipinski definition) is 10. The smallest absolute Gasteiger partial charge is 0.391 e. The molecule has 0 atom stereocenters. The van der Waals surface area contributed by atoms with Crippen molar-refractivity contribution in [3.63, 3.8) is 0 Å². The van der Waals surface area contributed by atoms with Crippen molar-refractivity contribution in [2.75, 3.05) is 81.0 Å². The highest BCUT2D eigenvalue weighted by Gasteiger charge is 2.19. The lowest BCUT2D eigenvalue weighted by atomic mass is 10.3. The van der Waals surface area contributed by atoms with Gasteiger partial charge in [0.1, 0.15) is 6.33 Å². The normalized spacial score (nSPS) is 10.7. The number of nitrogens with zero attached hydrogens (tertiary/aromatic N) is 4. The fourth-order valence-electron chi connectivity index (χ4n) is 2.93. The van der Waals surface area contributed by atoms with Gasteiger partial charge in [-0.3, -0.25) is 0 Å². The summed E-state index contributed by atoms with van der Waals surface area (Å²) in [5.74, 6) is -0.0341. The van der Waals surface area contributed by atoms with Crippen molar-refractivity contribution in [3.8, 4) is 11.8 Å².